The van der Waals surface area contributed by atoms with Gasteiger partial charge in [-0.2, -0.15) is 0 Å². The number of hydrogen-bond acceptors (Lipinski definition) is 3. The number of nitrogens with one attached hydrogen (secondary N) is 1. The normalized spacial score (nSPS) is 18.8. The van der Waals surface area contributed by atoms with Gasteiger partial charge in [0.05, 0.1) is 5.69 Å². The van der Waals surface area contributed by atoms with E-state index in [0.29, 0.717) is 13.0 Å². The van der Waals surface area contributed by atoms with Gasteiger partial charge < -0.3 is 15.0 Å². The van der Waals surface area contributed by atoms with Crippen molar-refractivity contribution in [2.24, 2.45) is 0 Å². The summed E-state index contributed by atoms with van der Waals surface area (Å²) in [6, 6.07) is 5.40. The first-order valence-electron chi connectivity index (χ1n) is 6.83. The zero-order valence-electron chi connectivity index (χ0n) is 12.4. The van der Waals surface area contributed by atoms with Crippen molar-refractivity contribution in [2.75, 3.05) is 11.4 Å². The second-order valence-corrected chi connectivity index (χ2v) is 5.93. The van der Waals surface area contributed by atoms with Crippen molar-refractivity contribution in [3.05, 3.63) is 30.1 Å². The molecule has 114 valence electrons. The smallest absolute Gasteiger partial charge is 0.408 e. The molecule has 1 heterocycles. The van der Waals surface area contributed by atoms with E-state index in [9.17, 15) is 14.0 Å². The molecule has 1 N–H and O–H groups in total. The molecule has 0 aliphatic carbocycles. The first-order chi connectivity index (χ1) is 9.78. The molecule has 21 heavy (non-hydrogen) atoms. The maximum atomic E-state index is 13.7. The van der Waals surface area contributed by atoms with Crippen molar-refractivity contribution < 1.29 is 18.7 Å². The minimum absolute atomic E-state index is 0.232. The van der Waals surface area contributed by atoms with E-state index >= 15 is 0 Å². The van der Waals surface area contributed by atoms with Crippen molar-refractivity contribution >= 4 is 17.7 Å². The average Bonchev–Trinajstić information content (AvgIpc) is 2.69. The third kappa shape index (κ3) is 3.71. The van der Waals surface area contributed by atoms with Crippen LogP contribution in [-0.4, -0.2) is 30.2 Å². The second kappa shape index (κ2) is 5.71. The Morgan fingerprint density at radius 1 is 1.38 bits per heavy atom. The number of nitrogens with zero attached hydrogens (tertiary/aromatic N) is 1. The van der Waals surface area contributed by atoms with Crippen LogP contribution in [0.25, 0.3) is 0 Å². The molecule has 1 aliphatic heterocycles. The van der Waals surface area contributed by atoms with Gasteiger partial charge in [-0.05, 0) is 39.3 Å². The number of carbonyl (C=O) groups excluding carboxylic acids is 2. The highest BCUT2D eigenvalue weighted by molar-refractivity contribution is 6.00. The number of ether oxygens (including phenoxy) is 1. The molecule has 0 spiro atoms. The molecule has 5 nitrogen and oxygen atoms in total. The minimum Gasteiger partial charge on any atom is -0.444 e. The lowest BCUT2D eigenvalue weighted by Crippen LogP contribution is -2.43. The maximum absolute atomic E-state index is 13.7. The number of halogens is 1. The molecule has 0 bridgehead atoms. The highest BCUT2D eigenvalue weighted by atomic mass is 19.1. The molecule has 1 saturated heterocycles. The Labute approximate surface area is 123 Å². The summed E-state index contributed by atoms with van der Waals surface area (Å²) in [7, 11) is 0. The Morgan fingerprint density at radius 2 is 2.05 bits per heavy atom. The topological polar surface area (TPSA) is 58.6 Å². The van der Waals surface area contributed by atoms with Gasteiger partial charge in [0.15, 0.2) is 0 Å². The third-order valence-electron chi connectivity index (χ3n) is 3.04. The number of benzene rings is 1. The monoisotopic (exact) mass is 294 g/mol. The lowest BCUT2D eigenvalue weighted by molar-refractivity contribution is -0.118. The maximum Gasteiger partial charge on any atom is 0.408 e. The molecule has 2 amide bonds. The second-order valence-electron chi connectivity index (χ2n) is 5.93. The van der Waals surface area contributed by atoms with Crippen LogP contribution in [0.1, 0.15) is 27.2 Å². The van der Waals surface area contributed by atoms with Crippen LogP contribution in [0.15, 0.2) is 24.3 Å². The summed E-state index contributed by atoms with van der Waals surface area (Å²) >= 11 is 0. The summed E-state index contributed by atoms with van der Waals surface area (Å²) in [5.41, 5.74) is -0.396. The van der Waals surface area contributed by atoms with Crippen LogP contribution >= 0.6 is 0 Å². The van der Waals surface area contributed by atoms with Crippen molar-refractivity contribution in [3.63, 3.8) is 0 Å². The van der Waals surface area contributed by atoms with Gasteiger partial charge in [0.1, 0.15) is 17.5 Å². The van der Waals surface area contributed by atoms with Crippen LogP contribution in [0.2, 0.25) is 0 Å². The van der Waals surface area contributed by atoms with E-state index in [0.717, 1.165) is 0 Å². The molecule has 2 rings (SSSR count). The van der Waals surface area contributed by atoms with Crippen LogP contribution < -0.4 is 10.2 Å². The molecular weight excluding hydrogens is 275 g/mol. The number of rotatable bonds is 2. The lowest BCUT2D eigenvalue weighted by Gasteiger charge is -2.21. The Balaban J connectivity index is 2.02. The molecule has 0 aromatic heterocycles. The molecule has 0 radical (unpaired) electrons. The number of alkyl carbamates (subject to hydrolysis) is 1. The SMILES string of the molecule is CC(C)(C)OC(=O)N[C@H]1CCN(c2ccccc2F)C1=O. The van der Waals surface area contributed by atoms with Gasteiger partial charge in [-0.1, -0.05) is 12.1 Å². The first kappa shape index (κ1) is 15.3. The number of carbonyl (C=O) groups is 2. The van der Waals surface area contributed by atoms with Crippen molar-refractivity contribution in [1.82, 2.24) is 5.32 Å². The molecule has 1 aliphatic rings. The molecule has 1 aromatic rings. The summed E-state index contributed by atoms with van der Waals surface area (Å²) < 4.78 is 18.8. The van der Waals surface area contributed by atoms with Crippen LogP contribution in [0, 0.1) is 5.82 Å². The fourth-order valence-electron chi connectivity index (χ4n) is 2.17. The van der Waals surface area contributed by atoms with E-state index in [1.807, 2.05) is 0 Å². The Bertz CT molecular complexity index is 554. The number of para-hydroxylation sites is 1. The molecule has 0 unspecified atom stereocenters. The van der Waals surface area contributed by atoms with Crippen molar-refractivity contribution in [3.8, 4) is 0 Å². The Hall–Kier alpha value is -2.11. The van der Waals surface area contributed by atoms with Crippen molar-refractivity contribution in [2.45, 2.75) is 38.8 Å². The van der Waals surface area contributed by atoms with Gasteiger partial charge in [0.2, 0.25) is 5.91 Å². The van der Waals surface area contributed by atoms with Crippen molar-refractivity contribution in [1.29, 1.82) is 0 Å². The number of amides is 2. The van der Waals surface area contributed by atoms with Crippen LogP contribution in [0.5, 0.6) is 0 Å². The Kier molecular flexibility index (Phi) is 4.16. The molecule has 1 fully saturated rings. The van der Waals surface area contributed by atoms with Gasteiger partial charge in [0, 0.05) is 6.54 Å². The van der Waals surface area contributed by atoms with Gasteiger partial charge in [-0.15, -0.1) is 0 Å². The Morgan fingerprint density at radius 3 is 2.67 bits per heavy atom. The van der Waals surface area contributed by atoms with Crippen LogP contribution in [-0.2, 0) is 9.53 Å². The average molecular weight is 294 g/mol. The van der Waals surface area contributed by atoms with E-state index in [-0.39, 0.29) is 11.6 Å². The van der Waals surface area contributed by atoms with E-state index in [1.54, 1.807) is 39.0 Å². The van der Waals surface area contributed by atoms with Gasteiger partial charge in [-0.25, -0.2) is 9.18 Å². The van der Waals surface area contributed by atoms with Crippen LogP contribution in [0.4, 0.5) is 14.9 Å². The standard InChI is InChI=1S/C15H19FN2O3/c1-15(2,3)21-14(20)17-11-8-9-18(13(11)19)12-7-5-4-6-10(12)16/h4-7,11H,8-9H2,1-3H3,(H,17,20)/t11-/m0/s1. The predicted molar refractivity (Wildman–Crippen MR) is 76.5 cm³/mol. The fourth-order valence-corrected chi connectivity index (χ4v) is 2.17. The predicted octanol–water partition coefficient (Wildman–Crippen LogP) is 2.46. The molecular formula is C15H19FN2O3. The largest absolute Gasteiger partial charge is 0.444 e. The van der Waals surface area contributed by atoms with E-state index in [1.165, 1.54) is 11.0 Å². The number of anilines is 1. The summed E-state index contributed by atoms with van der Waals surface area (Å²) in [5, 5.41) is 2.53. The van der Waals surface area contributed by atoms with E-state index in [2.05, 4.69) is 5.32 Å². The zero-order chi connectivity index (χ0) is 15.6. The lowest BCUT2D eigenvalue weighted by atomic mass is 10.2. The third-order valence-corrected chi connectivity index (χ3v) is 3.04. The highest BCUT2D eigenvalue weighted by Gasteiger charge is 2.35. The highest BCUT2D eigenvalue weighted by Crippen LogP contribution is 2.24. The first-order valence-corrected chi connectivity index (χ1v) is 6.83. The minimum atomic E-state index is -0.681. The van der Waals surface area contributed by atoms with E-state index < -0.39 is 23.6 Å². The molecule has 1 atom stereocenters. The van der Waals surface area contributed by atoms with Gasteiger partial charge in [0.25, 0.3) is 0 Å². The summed E-state index contributed by atoms with van der Waals surface area (Å²) in [5.74, 6) is -0.783. The summed E-state index contributed by atoms with van der Waals surface area (Å²) in [4.78, 5) is 25.3. The summed E-state index contributed by atoms with van der Waals surface area (Å²) in [6.45, 7) is 5.60. The van der Waals surface area contributed by atoms with Gasteiger partial charge in [-0.3, -0.25) is 4.79 Å². The van der Waals surface area contributed by atoms with Gasteiger partial charge >= 0.3 is 6.09 Å². The van der Waals surface area contributed by atoms with Crippen LogP contribution in [0.3, 0.4) is 0 Å². The fraction of sp³-hybridized carbons (Fsp3) is 0.467. The zero-order valence-corrected chi connectivity index (χ0v) is 12.4. The quantitative estimate of drug-likeness (QED) is 0.911. The molecule has 6 heteroatoms. The summed E-state index contributed by atoms with van der Waals surface area (Å²) in [6.07, 6.45) is -0.219. The number of hydrogen-bond donors (Lipinski definition) is 1. The molecule has 1 aromatic carbocycles. The van der Waals surface area contributed by atoms with E-state index in [4.69, 9.17) is 4.74 Å². The molecule has 0 saturated carbocycles.